The highest BCUT2D eigenvalue weighted by Gasteiger charge is 2.31. The molecule has 0 radical (unpaired) electrons. The van der Waals surface area contributed by atoms with Gasteiger partial charge in [0.15, 0.2) is 6.10 Å². The Labute approximate surface area is 181 Å². The van der Waals surface area contributed by atoms with Gasteiger partial charge in [-0.1, -0.05) is 24.3 Å². The number of carbonyl (C=O) groups is 3. The van der Waals surface area contributed by atoms with E-state index in [1.165, 1.54) is 6.92 Å². The Balaban J connectivity index is 1.50. The van der Waals surface area contributed by atoms with Crippen molar-refractivity contribution >= 4 is 23.5 Å². The SMILES string of the molecule is Cc1ccccc1C(=O)N1CCC(C(=O)O[C@H](C)C(=O)Nc2cccc(C#N)c2)CC1. The maximum absolute atomic E-state index is 12.7. The Morgan fingerprint density at radius 3 is 2.52 bits per heavy atom. The van der Waals surface area contributed by atoms with Gasteiger partial charge in [-0.2, -0.15) is 5.26 Å². The zero-order chi connectivity index (χ0) is 22.4. The van der Waals surface area contributed by atoms with Crippen LogP contribution in [-0.2, 0) is 14.3 Å². The second-order valence-corrected chi connectivity index (χ2v) is 7.64. The standard InChI is InChI=1S/C24H25N3O4/c1-16-6-3-4-9-21(16)23(29)27-12-10-19(11-13-27)24(30)31-17(2)22(28)26-20-8-5-7-18(14-20)15-25/h3-9,14,17,19H,10-13H2,1-2H3,(H,26,28)/t17-/m1/s1. The average Bonchev–Trinajstić information content (AvgIpc) is 2.79. The van der Waals surface area contributed by atoms with Crippen molar-refractivity contribution in [2.24, 2.45) is 5.92 Å². The van der Waals surface area contributed by atoms with Crippen LogP contribution in [0.15, 0.2) is 48.5 Å². The third kappa shape index (κ3) is 5.48. The van der Waals surface area contributed by atoms with Crippen LogP contribution in [0.5, 0.6) is 0 Å². The fourth-order valence-corrected chi connectivity index (χ4v) is 3.54. The summed E-state index contributed by atoms with van der Waals surface area (Å²) < 4.78 is 5.36. The predicted molar refractivity (Wildman–Crippen MR) is 115 cm³/mol. The molecule has 0 bridgehead atoms. The van der Waals surface area contributed by atoms with Crippen molar-refractivity contribution in [3.63, 3.8) is 0 Å². The molecule has 1 aliphatic rings. The molecule has 31 heavy (non-hydrogen) atoms. The number of ether oxygens (including phenoxy) is 1. The molecule has 1 atom stereocenters. The summed E-state index contributed by atoms with van der Waals surface area (Å²) in [4.78, 5) is 39.3. The number of likely N-dealkylation sites (tertiary alicyclic amines) is 1. The van der Waals surface area contributed by atoms with Crippen molar-refractivity contribution in [3.8, 4) is 6.07 Å². The molecular weight excluding hydrogens is 394 g/mol. The first-order valence-corrected chi connectivity index (χ1v) is 10.3. The lowest BCUT2D eigenvalue weighted by atomic mass is 9.96. The van der Waals surface area contributed by atoms with Crippen molar-refractivity contribution in [3.05, 3.63) is 65.2 Å². The minimum atomic E-state index is -0.968. The van der Waals surface area contributed by atoms with E-state index in [9.17, 15) is 14.4 Å². The van der Waals surface area contributed by atoms with E-state index < -0.39 is 18.0 Å². The lowest BCUT2D eigenvalue weighted by Crippen LogP contribution is -2.42. The molecular formula is C24H25N3O4. The number of hydrogen-bond donors (Lipinski definition) is 1. The van der Waals surface area contributed by atoms with Crippen LogP contribution in [0.25, 0.3) is 0 Å². The number of esters is 1. The van der Waals surface area contributed by atoms with Crippen molar-refractivity contribution in [2.75, 3.05) is 18.4 Å². The number of nitriles is 1. The number of benzene rings is 2. The summed E-state index contributed by atoms with van der Waals surface area (Å²) >= 11 is 0. The normalized spacial score (nSPS) is 14.9. The fourth-order valence-electron chi connectivity index (χ4n) is 3.54. The summed E-state index contributed by atoms with van der Waals surface area (Å²) in [5.41, 5.74) is 2.49. The summed E-state index contributed by atoms with van der Waals surface area (Å²) in [5.74, 6) is -1.28. The van der Waals surface area contributed by atoms with E-state index in [0.29, 0.717) is 42.7 Å². The Morgan fingerprint density at radius 2 is 1.84 bits per heavy atom. The van der Waals surface area contributed by atoms with Crippen LogP contribution in [0.4, 0.5) is 5.69 Å². The second kappa shape index (κ2) is 9.90. The van der Waals surface area contributed by atoms with E-state index in [1.807, 2.05) is 37.3 Å². The van der Waals surface area contributed by atoms with Crippen LogP contribution in [0.3, 0.4) is 0 Å². The monoisotopic (exact) mass is 419 g/mol. The van der Waals surface area contributed by atoms with Crippen molar-refractivity contribution in [2.45, 2.75) is 32.8 Å². The minimum Gasteiger partial charge on any atom is -0.452 e. The minimum absolute atomic E-state index is 0.0303. The topological polar surface area (TPSA) is 99.5 Å². The molecule has 1 heterocycles. The molecule has 0 unspecified atom stereocenters. The molecule has 7 heteroatoms. The molecule has 2 amide bonds. The van der Waals surface area contributed by atoms with E-state index in [0.717, 1.165) is 5.56 Å². The number of piperidine rings is 1. The molecule has 7 nitrogen and oxygen atoms in total. The first-order chi connectivity index (χ1) is 14.9. The molecule has 3 rings (SSSR count). The first kappa shape index (κ1) is 22.0. The van der Waals surface area contributed by atoms with Gasteiger partial charge in [-0.25, -0.2) is 0 Å². The number of carbonyl (C=O) groups excluding carboxylic acids is 3. The Bertz CT molecular complexity index is 1020. The summed E-state index contributed by atoms with van der Waals surface area (Å²) in [6.45, 7) is 4.35. The molecule has 1 N–H and O–H groups in total. The summed E-state index contributed by atoms with van der Waals surface area (Å²) in [5, 5.41) is 11.6. The van der Waals surface area contributed by atoms with Gasteiger partial charge in [0.05, 0.1) is 17.6 Å². The van der Waals surface area contributed by atoms with Crippen molar-refractivity contribution in [1.82, 2.24) is 4.90 Å². The van der Waals surface area contributed by atoms with Crippen LogP contribution >= 0.6 is 0 Å². The molecule has 0 aliphatic carbocycles. The van der Waals surface area contributed by atoms with E-state index in [-0.39, 0.29) is 11.8 Å². The molecule has 160 valence electrons. The molecule has 0 aromatic heterocycles. The van der Waals surface area contributed by atoms with Gasteiger partial charge in [0.1, 0.15) is 0 Å². The summed E-state index contributed by atoms with van der Waals surface area (Å²) in [6.07, 6.45) is 0.0224. The highest BCUT2D eigenvalue weighted by molar-refractivity contribution is 5.96. The molecule has 2 aromatic rings. The van der Waals surface area contributed by atoms with E-state index >= 15 is 0 Å². The van der Waals surface area contributed by atoms with Gasteiger partial charge in [0.25, 0.3) is 11.8 Å². The summed E-state index contributed by atoms with van der Waals surface area (Å²) in [6, 6.07) is 16.0. The van der Waals surface area contributed by atoms with Gasteiger partial charge < -0.3 is 15.0 Å². The number of amides is 2. The number of nitrogens with one attached hydrogen (secondary N) is 1. The van der Waals surface area contributed by atoms with E-state index in [1.54, 1.807) is 29.2 Å². The Morgan fingerprint density at radius 1 is 1.13 bits per heavy atom. The zero-order valence-electron chi connectivity index (χ0n) is 17.6. The Kier molecular flexibility index (Phi) is 7.03. The highest BCUT2D eigenvalue weighted by atomic mass is 16.5. The quantitative estimate of drug-likeness (QED) is 0.750. The van der Waals surface area contributed by atoms with Crippen molar-refractivity contribution in [1.29, 1.82) is 5.26 Å². The van der Waals surface area contributed by atoms with Crippen LogP contribution in [0, 0.1) is 24.2 Å². The predicted octanol–water partition coefficient (Wildman–Crippen LogP) is 3.29. The average molecular weight is 419 g/mol. The van der Waals surface area contributed by atoms with Gasteiger partial charge in [0, 0.05) is 24.3 Å². The van der Waals surface area contributed by atoms with Gasteiger partial charge in [-0.05, 0) is 56.5 Å². The number of aryl methyl sites for hydroxylation is 1. The van der Waals surface area contributed by atoms with E-state index in [4.69, 9.17) is 10.00 Å². The molecule has 1 aliphatic heterocycles. The van der Waals surface area contributed by atoms with Crippen LogP contribution in [0.1, 0.15) is 41.3 Å². The van der Waals surface area contributed by atoms with Gasteiger partial charge in [-0.15, -0.1) is 0 Å². The second-order valence-electron chi connectivity index (χ2n) is 7.64. The number of hydrogen-bond acceptors (Lipinski definition) is 5. The van der Waals surface area contributed by atoms with Crippen LogP contribution in [0.2, 0.25) is 0 Å². The maximum atomic E-state index is 12.7. The van der Waals surface area contributed by atoms with E-state index in [2.05, 4.69) is 5.32 Å². The molecule has 0 spiro atoms. The maximum Gasteiger partial charge on any atom is 0.309 e. The highest BCUT2D eigenvalue weighted by Crippen LogP contribution is 2.22. The Hall–Kier alpha value is -3.66. The van der Waals surface area contributed by atoms with Gasteiger partial charge in [0.2, 0.25) is 0 Å². The van der Waals surface area contributed by atoms with Gasteiger partial charge in [-0.3, -0.25) is 14.4 Å². The first-order valence-electron chi connectivity index (χ1n) is 10.3. The lowest BCUT2D eigenvalue weighted by Gasteiger charge is -2.31. The fraction of sp³-hybridized carbons (Fsp3) is 0.333. The van der Waals surface area contributed by atoms with Crippen molar-refractivity contribution < 1.29 is 19.1 Å². The smallest absolute Gasteiger partial charge is 0.309 e. The van der Waals surface area contributed by atoms with Crippen LogP contribution in [-0.4, -0.2) is 41.9 Å². The third-order valence-corrected chi connectivity index (χ3v) is 5.41. The third-order valence-electron chi connectivity index (χ3n) is 5.41. The lowest BCUT2D eigenvalue weighted by molar-refractivity contribution is -0.158. The number of nitrogens with zero attached hydrogens (tertiary/aromatic N) is 2. The number of rotatable bonds is 5. The van der Waals surface area contributed by atoms with Gasteiger partial charge >= 0.3 is 5.97 Å². The summed E-state index contributed by atoms with van der Waals surface area (Å²) in [7, 11) is 0. The zero-order valence-corrected chi connectivity index (χ0v) is 17.6. The molecule has 0 saturated carbocycles. The molecule has 2 aromatic carbocycles. The number of anilines is 1. The van der Waals surface area contributed by atoms with Crippen LogP contribution < -0.4 is 5.32 Å². The molecule has 1 saturated heterocycles. The largest absolute Gasteiger partial charge is 0.452 e. The molecule has 1 fully saturated rings.